The number of nitriles is 1. The van der Waals surface area contributed by atoms with E-state index in [0.29, 0.717) is 11.6 Å². The second-order valence-corrected chi connectivity index (χ2v) is 4.48. The van der Waals surface area contributed by atoms with E-state index < -0.39 is 0 Å². The molecule has 2 aromatic rings. The molecule has 3 heteroatoms. The number of rotatable bonds is 4. The van der Waals surface area contributed by atoms with Crippen molar-refractivity contribution >= 4 is 0 Å². The van der Waals surface area contributed by atoms with Crippen molar-refractivity contribution in [1.82, 2.24) is 10.3 Å². The fraction of sp³-hybridized carbons (Fsp3) is 0.250. The molecule has 1 heterocycles. The lowest BCUT2D eigenvalue weighted by Crippen LogP contribution is -2.17. The van der Waals surface area contributed by atoms with Gasteiger partial charge in [-0.3, -0.25) is 4.98 Å². The van der Waals surface area contributed by atoms with Gasteiger partial charge in [-0.2, -0.15) is 5.26 Å². The van der Waals surface area contributed by atoms with Crippen LogP contribution in [-0.4, -0.2) is 11.5 Å². The van der Waals surface area contributed by atoms with E-state index in [1.165, 1.54) is 5.56 Å². The van der Waals surface area contributed by atoms with E-state index in [4.69, 9.17) is 5.26 Å². The van der Waals surface area contributed by atoms with Gasteiger partial charge in [-0.05, 0) is 36.7 Å². The van der Waals surface area contributed by atoms with Crippen molar-refractivity contribution in [3.05, 3.63) is 53.9 Å². The third kappa shape index (κ3) is 3.18. The fourth-order valence-corrected chi connectivity index (χ4v) is 2.07. The molecule has 0 saturated heterocycles. The molecule has 19 heavy (non-hydrogen) atoms. The predicted octanol–water partition coefficient (Wildman–Crippen LogP) is 3.29. The lowest BCUT2D eigenvalue weighted by Gasteiger charge is -2.14. The van der Waals surface area contributed by atoms with Crippen LogP contribution in [0.15, 0.2) is 42.7 Å². The van der Waals surface area contributed by atoms with Gasteiger partial charge in [0, 0.05) is 24.0 Å². The van der Waals surface area contributed by atoms with Gasteiger partial charge in [0.2, 0.25) is 0 Å². The number of benzene rings is 1. The van der Waals surface area contributed by atoms with Crippen LogP contribution in [0, 0.1) is 11.3 Å². The van der Waals surface area contributed by atoms with Crippen molar-refractivity contribution in [3.8, 4) is 17.2 Å². The van der Waals surface area contributed by atoms with Gasteiger partial charge in [0.25, 0.3) is 0 Å². The van der Waals surface area contributed by atoms with Gasteiger partial charge in [0.05, 0.1) is 5.56 Å². The van der Waals surface area contributed by atoms with Crippen LogP contribution in [0.2, 0.25) is 0 Å². The molecule has 0 amide bonds. The molecule has 0 bridgehead atoms. The Morgan fingerprint density at radius 1 is 1.26 bits per heavy atom. The predicted molar refractivity (Wildman–Crippen MR) is 76.5 cm³/mol. The molecule has 96 valence electrons. The van der Waals surface area contributed by atoms with Gasteiger partial charge in [-0.15, -0.1) is 0 Å². The molecule has 0 fully saturated rings. The summed E-state index contributed by atoms with van der Waals surface area (Å²) in [7, 11) is 0. The zero-order chi connectivity index (χ0) is 13.7. The Kier molecular flexibility index (Phi) is 4.27. The fourth-order valence-electron chi connectivity index (χ4n) is 2.07. The van der Waals surface area contributed by atoms with Crippen LogP contribution in [0.5, 0.6) is 0 Å². The molecule has 0 radical (unpaired) electrons. The van der Waals surface area contributed by atoms with Crippen LogP contribution in [0.1, 0.15) is 31.0 Å². The van der Waals surface area contributed by atoms with Crippen molar-refractivity contribution in [2.24, 2.45) is 0 Å². The molecule has 1 atom stereocenters. The van der Waals surface area contributed by atoms with E-state index in [1.807, 2.05) is 18.2 Å². The first-order valence-corrected chi connectivity index (χ1v) is 6.43. The van der Waals surface area contributed by atoms with E-state index in [-0.39, 0.29) is 0 Å². The summed E-state index contributed by atoms with van der Waals surface area (Å²) in [6, 6.07) is 12.6. The normalized spacial score (nSPS) is 11.8. The molecule has 1 N–H and O–H groups in total. The second-order valence-electron chi connectivity index (χ2n) is 4.48. The minimum Gasteiger partial charge on any atom is -0.310 e. The first kappa shape index (κ1) is 13.3. The van der Waals surface area contributed by atoms with Crippen molar-refractivity contribution in [3.63, 3.8) is 0 Å². The third-order valence-electron chi connectivity index (χ3n) is 3.10. The number of nitrogens with one attached hydrogen (secondary N) is 1. The molecular formula is C16H17N3. The average molecular weight is 251 g/mol. The number of aromatic nitrogens is 1. The highest BCUT2D eigenvalue weighted by atomic mass is 14.9. The second kappa shape index (κ2) is 6.12. The van der Waals surface area contributed by atoms with Crippen molar-refractivity contribution in [2.75, 3.05) is 6.54 Å². The Hall–Kier alpha value is -2.18. The maximum Gasteiger partial charge on any atom is 0.101 e. The number of nitrogens with zero attached hydrogens (tertiary/aromatic N) is 2. The first-order chi connectivity index (χ1) is 9.24. The highest BCUT2D eigenvalue weighted by Crippen LogP contribution is 2.23. The number of pyridine rings is 1. The standard InChI is InChI=1S/C16H17N3/c1-3-19-12(2)14-5-4-6-15(8-14)16-7-13(9-17)10-18-11-16/h4-8,10-12,19H,3H2,1-2H3. The monoisotopic (exact) mass is 251 g/mol. The van der Waals surface area contributed by atoms with Crippen LogP contribution in [0.25, 0.3) is 11.1 Å². The quantitative estimate of drug-likeness (QED) is 0.907. The van der Waals surface area contributed by atoms with Crippen LogP contribution >= 0.6 is 0 Å². The van der Waals surface area contributed by atoms with Gasteiger partial charge in [0.15, 0.2) is 0 Å². The van der Waals surface area contributed by atoms with Crippen LogP contribution in [0.3, 0.4) is 0 Å². The summed E-state index contributed by atoms with van der Waals surface area (Å²) < 4.78 is 0. The summed E-state index contributed by atoms with van der Waals surface area (Å²) in [6.45, 7) is 5.18. The van der Waals surface area contributed by atoms with Crippen molar-refractivity contribution < 1.29 is 0 Å². The minimum atomic E-state index is 0.317. The Morgan fingerprint density at radius 3 is 2.84 bits per heavy atom. The van der Waals surface area contributed by atoms with E-state index in [0.717, 1.165) is 17.7 Å². The molecule has 0 aliphatic heterocycles. The zero-order valence-electron chi connectivity index (χ0n) is 11.2. The lowest BCUT2D eigenvalue weighted by molar-refractivity contribution is 0.598. The average Bonchev–Trinajstić information content (AvgIpc) is 2.48. The summed E-state index contributed by atoms with van der Waals surface area (Å²) in [4.78, 5) is 4.10. The van der Waals surface area contributed by atoms with Gasteiger partial charge in [0.1, 0.15) is 6.07 Å². The summed E-state index contributed by atoms with van der Waals surface area (Å²) >= 11 is 0. The van der Waals surface area contributed by atoms with E-state index >= 15 is 0 Å². The molecule has 2 rings (SSSR count). The molecule has 3 nitrogen and oxygen atoms in total. The van der Waals surface area contributed by atoms with E-state index in [1.54, 1.807) is 12.4 Å². The van der Waals surface area contributed by atoms with Crippen molar-refractivity contribution in [1.29, 1.82) is 5.26 Å². The summed E-state index contributed by atoms with van der Waals surface area (Å²) in [6.07, 6.45) is 3.37. The van der Waals surface area contributed by atoms with Gasteiger partial charge in [-0.1, -0.05) is 25.1 Å². The third-order valence-corrected chi connectivity index (χ3v) is 3.10. The topological polar surface area (TPSA) is 48.7 Å². The van der Waals surface area contributed by atoms with Gasteiger partial charge in [-0.25, -0.2) is 0 Å². The van der Waals surface area contributed by atoms with E-state index in [9.17, 15) is 0 Å². The summed E-state index contributed by atoms with van der Waals surface area (Å²) in [5.74, 6) is 0. The number of hydrogen-bond acceptors (Lipinski definition) is 3. The molecule has 0 aliphatic carbocycles. The molecule has 0 aliphatic rings. The Balaban J connectivity index is 2.35. The van der Waals surface area contributed by atoms with Gasteiger partial charge < -0.3 is 5.32 Å². The Labute approximate surface area is 113 Å². The van der Waals surface area contributed by atoms with Gasteiger partial charge >= 0.3 is 0 Å². The molecule has 0 saturated carbocycles. The maximum absolute atomic E-state index is 8.92. The summed E-state index contributed by atoms with van der Waals surface area (Å²) in [5.41, 5.74) is 3.89. The molecular weight excluding hydrogens is 234 g/mol. The smallest absolute Gasteiger partial charge is 0.101 e. The SMILES string of the molecule is CCNC(C)c1cccc(-c2cncc(C#N)c2)c1. The molecule has 0 spiro atoms. The molecule has 1 aromatic heterocycles. The molecule has 1 unspecified atom stereocenters. The molecule has 1 aromatic carbocycles. The number of hydrogen-bond donors (Lipinski definition) is 1. The lowest BCUT2D eigenvalue weighted by atomic mass is 10.0. The largest absolute Gasteiger partial charge is 0.310 e. The minimum absolute atomic E-state index is 0.317. The van der Waals surface area contributed by atoms with Crippen LogP contribution in [0.4, 0.5) is 0 Å². The van der Waals surface area contributed by atoms with Crippen molar-refractivity contribution in [2.45, 2.75) is 19.9 Å². The highest BCUT2D eigenvalue weighted by Gasteiger charge is 2.06. The zero-order valence-corrected chi connectivity index (χ0v) is 11.2. The Bertz CT molecular complexity index is 599. The Morgan fingerprint density at radius 2 is 2.11 bits per heavy atom. The maximum atomic E-state index is 8.92. The first-order valence-electron chi connectivity index (χ1n) is 6.43. The van der Waals surface area contributed by atoms with Crippen LogP contribution < -0.4 is 5.32 Å². The van der Waals surface area contributed by atoms with Crippen LogP contribution in [-0.2, 0) is 0 Å². The highest BCUT2D eigenvalue weighted by molar-refractivity contribution is 5.64. The summed E-state index contributed by atoms with van der Waals surface area (Å²) in [5, 5.41) is 12.3. The van der Waals surface area contributed by atoms with E-state index in [2.05, 4.69) is 42.4 Å².